The van der Waals surface area contributed by atoms with Gasteiger partial charge in [0.15, 0.2) is 5.16 Å². The van der Waals surface area contributed by atoms with Gasteiger partial charge in [0.1, 0.15) is 11.4 Å². The molecule has 3 heterocycles. The Balaban J connectivity index is 1.35. The lowest BCUT2D eigenvalue weighted by molar-refractivity contribution is -0.121. The second-order valence-electron chi connectivity index (χ2n) is 8.48. The van der Waals surface area contributed by atoms with Crippen molar-refractivity contribution in [2.24, 2.45) is 0 Å². The topological polar surface area (TPSA) is 111 Å². The van der Waals surface area contributed by atoms with Crippen LogP contribution in [-0.2, 0) is 29.0 Å². The molecule has 0 unspecified atom stereocenters. The Morgan fingerprint density at radius 3 is 2.82 bits per heavy atom. The van der Waals surface area contributed by atoms with Gasteiger partial charge in [-0.05, 0) is 37.7 Å². The smallest absolute Gasteiger partial charge is 0.263 e. The minimum atomic E-state index is -0.208. The van der Waals surface area contributed by atoms with Crippen LogP contribution in [-0.4, -0.2) is 43.9 Å². The number of thioether (sulfide) groups is 1. The predicted molar refractivity (Wildman–Crippen MR) is 129 cm³/mol. The molecule has 2 aliphatic rings. The molecular weight excluding hydrogens is 460 g/mol. The van der Waals surface area contributed by atoms with Gasteiger partial charge in [0.2, 0.25) is 11.8 Å². The molecule has 0 spiro atoms. The van der Waals surface area contributed by atoms with E-state index in [9.17, 15) is 14.4 Å². The minimum absolute atomic E-state index is 0.0599. The van der Waals surface area contributed by atoms with Crippen LogP contribution in [0.4, 0.5) is 5.69 Å². The summed E-state index contributed by atoms with van der Waals surface area (Å²) in [4.78, 5) is 44.6. The van der Waals surface area contributed by atoms with E-state index in [2.05, 4.69) is 15.7 Å². The molecule has 0 radical (unpaired) electrons. The molecule has 2 aliphatic carbocycles. The lowest BCUT2D eigenvalue weighted by Gasteiger charge is -2.18. The highest BCUT2D eigenvalue weighted by atomic mass is 32.2. The molecule has 0 saturated heterocycles. The monoisotopic (exact) mass is 486 g/mol. The maximum Gasteiger partial charge on any atom is 0.263 e. The fourth-order valence-electron chi connectivity index (χ4n) is 4.69. The third kappa shape index (κ3) is 4.43. The van der Waals surface area contributed by atoms with E-state index >= 15 is 0 Å². The quantitative estimate of drug-likeness (QED) is 0.392. The molecule has 3 aromatic heterocycles. The number of rotatable bonds is 7. The average Bonchev–Trinajstić information content (AvgIpc) is 3.57. The third-order valence-electron chi connectivity index (χ3n) is 6.26. The van der Waals surface area contributed by atoms with E-state index in [4.69, 9.17) is 4.98 Å². The number of nitrogens with one attached hydrogen (secondary N) is 2. The fourth-order valence-corrected chi connectivity index (χ4v) is 6.86. The first-order valence-corrected chi connectivity index (χ1v) is 13.1. The molecule has 11 heteroatoms. The van der Waals surface area contributed by atoms with E-state index < -0.39 is 0 Å². The van der Waals surface area contributed by atoms with E-state index in [1.54, 1.807) is 24.6 Å². The van der Waals surface area contributed by atoms with Crippen molar-refractivity contribution in [1.29, 1.82) is 0 Å². The second kappa shape index (κ2) is 9.30. The van der Waals surface area contributed by atoms with Crippen LogP contribution >= 0.6 is 23.1 Å². The summed E-state index contributed by atoms with van der Waals surface area (Å²) < 4.78 is 3.32. The van der Waals surface area contributed by atoms with Crippen molar-refractivity contribution in [2.75, 3.05) is 18.1 Å². The number of carbonyl (C=O) groups excluding carboxylic acids is 2. The molecule has 2 amide bonds. The molecule has 0 bridgehead atoms. The molecule has 0 atom stereocenters. The van der Waals surface area contributed by atoms with Crippen molar-refractivity contribution < 1.29 is 9.59 Å². The van der Waals surface area contributed by atoms with Crippen LogP contribution in [0.25, 0.3) is 10.2 Å². The highest BCUT2D eigenvalue weighted by molar-refractivity contribution is 7.99. The van der Waals surface area contributed by atoms with E-state index in [0.717, 1.165) is 55.2 Å². The molecule has 1 saturated carbocycles. The Morgan fingerprint density at radius 2 is 2.03 bits per heavy atom. The molecule has 0 aliphatic heterocycles. The van der Waals surface area contributed by atoms with Crippen LogP contribution in [0.1, 0.15) is 48.6 Å². The summed E-state index contributed by atoms with van der Waals surface area (Å²) >= 11 is 2.94. The molecule has 1 fully saturated rings. The van der Waals surface area contributed by atoms with Crippen molar-refractivity contribution in [2.45, 2.75) is 62.7 Å². The zero-order valence-corrected chi connectivity index (χ0v) is 20.1. The molecular formula is C22H26N6O3S2. The lowest BCUT2D eigenvalue weighted by atomic mass is 10.2. The number of hydrogen-bond donors (Lipinski definition) is 2. The lowest BCUT2D eigenvalue weighted by Crippen LogP contribution is -2.27. The molecule has 2 N–H and O–H groups in total. The van der Waals surface area contributed by atoms with Crippen LogP contribution < -0.4 is 16.2 Å². The molecule has 3 aromatic rings. The van der Waals surface area contributed by atoms with Gasteiger partial charge in [-0.1, -0.05) is 24.6 Å². The Hall–Kier alpha value is -2.66. The maximum absolute atomic E-state index is 13.6. The summed E-state index contributed by atoms with van der Waals surface area (Å²) in [5, 5.41) is 10.9. The molecule has 33 heavy (non-hydrogen) atoms. The van der Waals surface area contributed by atoms with Gasteiger partial charge < -0.3 is 10.6 Å². The second-order valence-corrected chi connectivity index (χ2v) is 10.5. The van der Waals surface area contributed by atoms with Crippen molar-refractivity contribution in [3.05, 3.63) is 33.2 Å². The van der Waals surface area contributed by atoms with Crippen molar-refractivity contribution in [3.63, 3.8) is 0 Å². The Labute approximate surface area is 199 Å². The van der Waals surface area contributed by atoms with Gasteiger partial charge in [0, 0.05) is 24.2 Å². The summed E-state index contributed by atoms with van der Waals surface area (Å²) in [6.45, 7) is 0.0868. The first-order chi connectivity index (χ1) is 16.0. The minimum Gasteiger partial charge on any atom is -0.358 e. The normalized spacial score (nSPS) is 15.8. The van der Waals surface area contributed by atoms with Crippen molar-refractivity contribution >= 4 is 50.8 Å². The van der Waals surface area contributed by atoms with Crippen LogP contribution in [0.3, 0.4) is 0 Å². The number of anilines is 1. The average molecular weight is 487 g/mol. The number of carbonyl (C=O) groups is 2. The van der Waals surface area contributed by atoms with Crippen molar-refractivity contribution in [3.8, 4) is 0 Å². The SMILES string of the molecule is CNC(=O)Cn1cc(NC(=O)CSc2nc3sc4c(c3c(=O)n2C2CCCC2)CCC4)cn1. The first kappa shape index (κ1) is 22.1. The first-order valence-electron chi connectivity index (χ1n) is 11.3. The van der Waals surface area contributed by atoms with Crippen LogP contribution in [0.5, 0.6) is 0 Å². The van der Waals surface area contributed by atoms with Gasteiger partial charge in [-0.3, -0.25) is 23.6 Å². The van der Waals surface area contributed by atoms with Gasteiger partial charge >= 0.3 is 0 Å². The standard InChI is InChI=1S/C22H26N6O3S2/c1-23-17(29)11-27-10-13(9-24-27)25-18(30)12-32-22-26-20-19(15-7-4-8-16(15)33-20)21(31)28(22)14-5-2-3-6-14/h9-10,14H,2-8,11-12H2,1H3,(H,23,29)(H,25,30). The third-order valence-corrected chi connectivity index (χ3v) is 8.40. The van der Waals surface area contributed by atoms with Crippen LogP contribution in [0.2, 0.25) is 0 Å². The van der Waals surface area contributed by atoms with Crippen LogP contribution in [0.15, 0.2) is 22.3 Å². The predicted octanol–water partition coefficient (Wildman–Crippen LogP) is 2.74. The van der Waals surface area contributed by atoms with E-state index in [-0.39, 0.29) is 35.7 Å². The summed E-state index contributed by atoms with van der Waals surface area (Å²) in [6, 6.07) is 0.153. The Kier molecular flexibility index (Phi) is 6.24. The number of aromatic nitrogens is 4. The molecule has 174 valence electrons. The Morgan fingerprint density at radius 1 is 1.21 bits per heavy atom. The largest absolute Gasteiger partial charge is 0.358 e. The maximum atomic E-state index is 13.6. The number of fused-ring (bicyclic) bond motifs is 3. The summed E-state index contributed by atoms with van der Waals surface area (Å²) in [7, 11) is 1.56. The molecule has 9 nitrogen and oxygen atoms in total. The van der Waals surface area contributed by atoms with Gasteiger partial charge in [-0.2, -0.15) is 5.10 Å². The summed E-state index contributed by atoms with van der Waals surface area (Å²) in [5.74, 6) is -0.242. The van der Waals surface area contributed by atoms with Gasteiger partial charge in [-0.25, -0.2) is 4.98 Å². The number of thiophene rings is 1. The van der Waals surface area contributed by atoms with Crippen molar-refractivity contribution in [1.82, 2.24) is 24.6 Å². The van der Waals surface area contributed by atoms with E-state index in [1.165, 1.54) is 33.1 Å². The Bertz CT molecular complexity index is 1270. The zero-order chi connectivity index (χ0) is 22.9. The number of likely N-dealkylation sites (N-methyl/N-ethyl adjacent to an activating group) is 1. The molecule has 0 aromatic carbocycles. The summed E-state index contributed by atoms with van der Waals surface area (Å²) in [5.41, 5.74) is 1.78. The van der Waals surface area contributed by atoms with Crippen LogP contribution in [0, 0.1) is 0 Å². The van der Waals surface area contributed by atoms with Gasteiger partial charge in [0.05, 0.1) is 23.0 Å². The molecule has 5 rings (SSSR count). The fraction of sp³-hybridized carbons (Fsp3) is 0.500. The van der Waals surface area contributed by atoms with Gasteiger partial charge in [0.25, 0.3) is 5.56 Å². The number of aryl methyl sites for hydroxylation is 2. The van der Waals surface area contributed by atoms with E-state index in [1.807, 2.05) is 4.57 Å². The number of nitrogens with zero attached hydrogens (tertiary/aromatic N) is 4. The van der Waals surface area contributed by atoms with Gasteiger partial charge in [-0.15, -0.1) is 11.3 Å². The zero-order valence-electron chi connectivity index (χ0n) is 18.4. The number of amides is 2. The highest BCUT2D eigenvalue weighted by Crippen LogP contribution is 2.38. The summed E-state index contributed by atoms with van der Waals surface area (Å²) in [6.07, 6.45) is 10.4. The number of hydrogen-bond acceptors (Lipinski definition) is 7. The van der Waals surface area contributed by atoms with E-state index in [0.29, 0.717) is 10.8 Å². The highest BCUT2D eigenvalue weighted by Gasteiger charge is 2.27.